The molecule has 32 heavy (non-hydrogen) atoms. The lowest BCUT2D eigenvalue weighted by Gasteiger charge is -2.13. The highest BCUT2D eigenvalue weighted by Gasteiger charge is 2.34. The highest BCUT2D eigenvalue weighted by atomic mass is 19.4. The lowest BCUT2D eigenvalue weighted by atomic mass is 10.1. The number of rotatable bonds is 7. The third-order valence-corrected chi connectivity index (χ3v) is 4.76. The van der Waals surface area contributed by atoms with E-state index in [9.17, 15) is 22.8 Å². The fraction of sp³-hybridized carbons (Fsp3) is 0.333. The average molecular weight is 448 g/mol. The number of amides is 2. The van der Waals surface area contributed by atoms with Gasteiger partial charge in [-0.15, -0.1) is 0 Å². The second kappa shape index (κ2) is 9.25. The number of benzene rings is 1. The number of hydrogen-bond donors (Lipinski definition) is 2. The van der Waals surface area contributed by atoms with Crippen LogP contribution >= 0.6 is 0 Å². The zero-order valence-electron chi connectivity index (χ0n) is 17.8. The number of carbonyl (C=O) groups is 2. The Balaban J connectivity index is 1.73. The largest absolute Gasteiger partial charge is 0.435 e. The zero-order valence-corrected chi connectivity index (χ0v) is 17.8. The van der Waals surface area contributed by atoms with E-state index in [1.54, 1.807) is 31.2 Å². The normalized spacial score (nSPS) is 12.4. The Kier molecular flexibility index (Phi) is 6.66. The first kappa shape index (κ1) is 23.0. The summed E-state index contributed by atoms with van der Waals surface area (Å²) in [5, 5.41) is 13.1. The van der Waals surface area contributed by atoms with E-state index in [1.165, 1.54) is 17.8 Å². The van der Waals surface area contributed by atoms with Crippen molar-refractivity contribution in [2.45, 2.75) is 40.0 Å². The van der Waals surface area contributed by atoms with Gasteiger partial charge in [0.15, 0.2) is 11.4 Å². The topological polar surface area (TPSA) is 93.8 Å². The number of nitrogens with one attached hydrogen (secondary N) is 2. The van der Waals surface area contributed by atoms with Crippen LogP contribution in [0.4, 0.5) is 24.5 Å². The van der Waals surface area contributed by atoms with Gasteiger partial charge < -0.3 is 10.6 Å². The lowest BCUT2D eigenvalue weighted by Crippen LogP contribution is -2.26. The average Bonchev–Trinajstić information content (AvgIpc) is 3.32. The minimum Gasteiger partial charge on any atom is -0.322 e. The molecule has 0 aliphatic heterocycles. The van der Waals surface area contributed by atoms with E-state index < -0.39 is 29.6 Å². The minimum absolute atomic E-state index is 0.0332. The van der Waals surface area contributed by atoms with Crippen LogP contribution in [0.15, 0.2) is 42.6 Å². The van der Waals surface area contributed by atoms with E-state index in [1.807, 2.05) is 13.0 Å². The summed E-state index contributed by atoms with van der Waals surface area (Å²) in [6.45, 7) is 5.31. The van der Waals surface area contributed by atoms with Gasteiger partial charge in [-0.25, -0.2) is 0 Å². The van der Waals surface area contributed by atoms with Crippen molar-refractivity contribution < 1.29 is 22.8 Å². The third kappa shape index (κ3) is 5.34. The molecule has 8 nitrogen and oxygen atoms in total. The van der Waals surface area contributed by atoms with Crippen LogP contribution in [0.25, 0.3) is 0 Å². The van der Waals surface area contributed by atoms with Gasteiger partial charge in [-0.05, 0) is 32.0 Å². The Bertz CT molecular complexity index is 1100. The monoisotopic (exact) mass is 448 g/mol. The number of aromatic nitrogens is 4. The zero-order chi connectivity index (χ0) is 23.5. The molecule has 0 bridgehead atoms. The van der Waals surface area contributed by atoms with Crippen molar-refractivity contribution in [3.63, 3.8) is 0 Å². The van der Waals surface area contributed by atoms with Crippen LogP contribution in [-0.2, 0) is 24.1 Å². The molecule has 0 saturated carbocycles. The van der Waals surface area contributed by atoms with Gasteiger partial charge in [-0.3, -0.25) is 19.0 Å². The minimum atomic E-state index is -4.56. The molecule has 2 amide bonds. The first-order chi connectivity index (χ1) is 15.1. The maximum Gasteiger partial charge on any atom is 0.435 e. The molecule has 0 fully saturated rings. The maximum absolute atomic E-state index is 12.9. The van der Waals surface area contributed by atoms with Gasteiger partial charge in [0.2, 0.25) is 5.91 Å². The van der Waals surface area contributed by atoms with Crippen LogP contribution in [0.5, 0.6) is 0 Å². The lowest BCUT2D eigenvalue weighted by molar-refractivity contribution is -0.141. The number of anilines is 2. The van der Waals surface area contributed by atoms with Crippen molar-refractivity contribution in [2.75, 3.05) is 10.6 Å². The van der Waals surface area contributed by atoms with Crippen molar-refractivity contribution in [1.29, 1.82) is 0 Å². The molecule has 0 spiro atoms. The van der Waals surface area contributed by atoms with Crippen LogP contribution in [-0.4, -0.2) is 31.4 Å². The summed E-state index contributed by atoms with van der Waals surface area (Å²) in [5.74, 6) is -1.69. The summed E-state index contributed by atoms with van der Waals surface area (Å²) in [7, 11) is 0. The molecule has 2 heterocycles. The number of halogens is 3. The second-order valence-corrected chi connectivity index (χ2v) is 7.31. The SMILES string of the molecule is CCn1cc(NC(=O)C(C)Cn2nc(C(F)(F)F)cc2C)c(C(=O)Nc2ccccc2)n1. The van der Waals surface area contributed by atoms with Gasteiger partial charge >= 0.3 is 6.18 Å². The summed E-state index contributed by atoms with van der Waals surface area (Å²) in [6.07, 6.45) is -3.03. The standard InChI is InChI=1S/C21H23F3N6O2/c1-4-29-12-16(18(28-29)20(32)25-15-8-6-5-7-9-15)26-19(31)13(2)11-30-14(3)10-17(27-30)21(22,23)24/h5-10,12-13H,4,11H2,1-3H3,(H,25,32)(H,26,31). The molecule has 0 saturated heterocycles. The Morgan fingerprint density at radius 1 is 1.12 bits per heavy atom. The molecule has 0 aliphatic carbocycles. The van der Waals surface area contributed by atoms with Crippen molar-refractivity contribution in [1.82, 2.24) is 19.6 Å². The fourth-order valence-electron chi connectivity index (χ4n) is 2.99. The van der Waals surface area contributed by atoms with Gasteiger partial charge in [0.05, 0.1) is 18.2 Å². The molecular formula is C21H23F3N6O2. The van der Waals surface area contributed by atoms with E-state index in [4.69, 9.17) is 0 Å². The van der Waals surface area contributed by atoms with Gasteiger partial charge in [-0.2, -0.15) is 23.4 Å². The molecule has 11 heteroatoms. The molecule has 2 N–H and O–H groups in total. The van der Waals surface area contributed by atoms with Gasteiger partial charge in [0.1, 0.15) is 0 Å². The Morgan fingerprint density at radius 2 is 1.81 bits per heavy atom. The van der Waals surface area contributed by atoms with Crippen LogP contribution in [0.2, 0.25) is 0 Å². The predicted octanol–water partition coefficient (Wildman–Crippen LogP) is 3.95. The van der Waals surface area contributed by atoms with Crippen molar-refractivity contribution in [3.05, 3.63) is 59.7 Å². The number of para-hydroxylation sites is 1. The van der Waals surface area contributed by atoms with E-state index >= 15 is 0 Å². The highest BCUT2D eigenvalue weighted by Crippen LogP contribution is 2.28. The molecule has 1 aromatic carbocycles. The Labute approximate surface area is 182 Å². The molecule has 1 unspecified atom stereocenters. The van der Waals surface area contributed by atoms with Crippen LogP contribution in [0.1, 0.15) is 35.7 Å². The molecule has 2 aromatic heterocycles. The molecular weight excluding hydrogens is 425 g/mol. The van der Waals surface area contributed by atoms with E-state index in [0.717, 1.165) is 10.7 Å². The summed E-state index contributed by atoms with van der Waals surface area (Å²) >= 11 is 0. The molecule has 170 valence electrons. The predicted molar refractivity (Wildman–Crippen MR) is 112 cm³/mol. The summed E-state index contributed by atoms with van der Waals surface area (Å²) in [6, 6.07) is 9.72. The van der Waals surface area contributed by atoms with Crippen LogP contribution in [0, 0.1) is 12.8 Å². The number of alkyl halides is 3. The smallest absolute Gasteiger partial charge is 0.322 e. The third-order valence-electron chi connectivity index (χ3n) is 4.76. The van der Waals surface area contributed by atoms with Crippen molar-refractivity contribution in [2.24, 2.45) is 5.92 Å². The number of aryl methyl sites for hydroxylation is 2. The fourth-order valence-corrected chi connectivity index (χ4v) is 2.99. The quantitative estimate of drug-likeness (QED) is 0.572. The van der Waals surface area contributed by atoms with E-state index in [2.05, 4.69) is 20.8 Å². The van der Waals surface area contributed by atoms with Gasteiger partial charge in [0, 0.05) is 24.1 Å². The molecule has 0 aliphatic rings. The van der Waals surface area contributed by atoms with Crippen LogP contribution in [0.3, 0.4) is 0 Å². The van der Waals surface area contributed by atoms with Crippen LogP contribution < -0.4 is 10.6 Å². The molecule has 3 rings (SSSR count). The first-order valence-corrected chi connectivity index (χ1v) is 9.94. The first-order valence-electron chi connectivity index (χ1n) is 9.94. The van der Waals surface area contributed by atoms with E-state index in [0.29, 0.717) is 17.9 Å². The number of carbonyl (C=O) groups excluding carboxylic acids is 2. The number of nitrogens with zero attached hydrogens (tertiary/aromatic N) is 4. The highest BCUT2D eigenvalue weighted by molar-refractivity contribution is 6.08. The van der Waals surface area contributed by atoms with Crippen molar-refractivity contribution >= 4 is 23.2 Å². The van der Waals surface area contributed by atoms with E-state index in [-0.39, 0.29) is 17.9 Å². The summed E-state index contributed by atoms with van der Waals surface area (Å²) in [5.41, 5.74) is 0.102. The second-order valence-electron chi connectivity index (χ2n) is 7.31. The Morgan fingerprint density at radius 3 is 2.41 bits per heavy atom. The van der Waals surface area contributed by atoms with Gasteiger partial charge in [-0.1, -0.05) is 25.1 Å². The number of hydrogen-bond acceptors (Lipinski definition) is 4. The molecule has 3 aromatic rings. The summed E-state index contributed by atoms with van der Waals surface area (Å²) in [4.78, 5) is 25.4. The van der Waals surface area contributed by atoms with Crippen molar-refractivity contribution in [3.8, 4) is 0 Å². The van der Waals surface area contributed by atoms with Gasteiger partial charge in [0.25, 0.3) is 5.91 Å². The molecule has 0 radical (unpaired) electrons. The summed E-state index contributed by atoms with van der Waals surface area (Å²) < 4.78 is 41.3. The maximum atomic E-state index is 12.9. The Hall–Kier alpha value is -3.63. The molecule has 1 atom stereocenters.